The minimum atomic E-state index is 0.780. The second kappa shape index (κ2) is 7.24. The lowest BCUT2D eigenvalue weighted by Gasteiger charge is -2.34. The summed E-state index contributed by atoms with van der Waals surface area (Å²) in [7, 11) is 4.32. The molecule has 1 unspecified atom stereocenters. The van der Waals surface area contributed by atoms with Crippen molar-refractivity contribution in [1.82, 2.24) is 10.2 Å². The Bertz CT molecular complexity index is 153. The molecular formula is C13H28N2. The van der Waals surface area contributed by atoms with Crippen molar-refractivity contribution in [3.05, 3.63) is 0 Å². The highest BCUT2D eigenvalue weighted by atomic mass is 15.1. The Balaban J connectivity index is 2.21. The Morgan fingerprint density at radius 1 is 1.27 bits per heavy atom. The van der Waals surface area contributed by atoms with Gasteiger partial charge in [-0.25, -0.2) is 0 Å². The summed E-state index contributed by atoms with van der Waals surface area (Å²) in [5.41, 5.74) is 0. The van der Waals surface area contributed by atoms with Gasteiger partial charge in [-0.3, -0.25) is 0 Å². The van der Waals surface area contributed by atoms with Crippen molar-refractivity contribution in [2.75, 3.05) is 27.2 Å². The molecule has 0 aromatic heterocycles. The third-order valence-electron chi connectivity index (χ3n) is 3.96. The van der Waals surface area contributed by atoms with Crippen molar-refractivity contribution < 1.29 is 0 Å². The molecule has 0 bridgehead atoms. The predicted molar refractivity (Wildman–Crippen MR) is 67.2 cm³/mol. The van der Waals surface area contributed by atoms with Crippen molar-refractivity contribution >= 4 is 0 Å². The largest absolute Gasteiger partial charge is 0.320 e. The molecule has 1 saturated carbocycles. The van der Waals surface area contributed by atoms with Crippen LogP contribution in [0.15, 0.2) is 0 Å². The molecule has 2 heteroatoms. The van der Waals surface area contributed by atoms with E-state index in [1.165, 1.54) is 45.1 Å². The maximum Gasteiger partial charge on any atom is 0.00921 e. The summed E-state index contributed by atoms with van der Waals surface area (Å²) in [5, 5.41) is 3.21. The SMILES string of the molecule is CNCCCN(C)C(C)C1CCCCC1. The van der Waals surface area contributed by atoms with Crippen LogP contribution in [-0.2, 0) is 0 Å². The van der Waals surface area contributed by atoms with E-state index in [9.17, 15) is 0 Å². The van der Waals surface area contributed by atoms with Crippen LogP contribution in [0.3, 0.4) is 0 Å². The number of nitrogens with one attached hydrogen (secondary N) is 1. The Morgan fingerprint density at radius 3 is 2.53 bits per heavy atom. The fourth-order valence-electron chi connectivity index (χ4n) is 2.69. The number of hydrogen-bond donors (Lipinski definition) is 1. The average molecular weight is 212 g/mol. The molecule has 1 atom stereocenters. The molecule has 0 aromatic carbocycles. The predicted octanol–water partition coefficient (Wildman–Crippen LogP) is 2.50. The van der Waals surface area contributed by atoms with Crippen LogP contribution in [-0.4, -0.2) is 38.1 Å². The van der Waals surface area contributed by atoms with Crippen molar-refractivity contribution in [1.29, 1.82) is 0 Å². The lowest BCUT2D eigenvalue weighted by molar-refractivity contribution is 0.156. The van der Waals surface area contributed by atoms with Crippen LogP contribution in [0, 0.1) is 5.92 Å². The molecular weight excluding hydrogens is 184 g/mol. The number of hydrogen-bond acceptors (Lipinski definition) is 2. The van der Waals surface area contributed by atoms with Gasteiger partial charge < -0.3 is 10.2 Å². The van der Waals surface area contributed by atoms with Crippen molar-refractivity contribution in [3.63, 3.8) is 0 Å². The third-order valence-corrected chi connectivity index (χ3v) is 3.96. The minimum Gasteiger partial charge on any atom is -0.320 e. The monoisotopic (exact) mass is 212 g/mol. The smallest absolute Gasteiger partial charge is 0.00921 e. The zero-order chi connectivity index (χ0) is 11.1. The highest BCUT2D eigenvalue weighted by molar-refractivity contribution is 4.76. The van der Waals surface area contributed by atoms with Gasteiger partial charge in [-0.2, -0.15) is 0 Å². The van der Waals surface area contributed by atoms with Crippen LogP contribution < -0.4 is 5.32 Å². The van der Waals surface area contributed by atoms with E-state index in [4.69, 9.17) is 0 Å². The molecule has 1 fully saturated rings. The van der Waals surface area contributed by atoms with Gasteiger partial charge in [0.2, 0.25) is 0 Å². The van der Waals surface area contributed by atoms with Gasteiger partial charge in [0.05, 0.1) is 0 Å². The lowest BCUT2D eigenvalue weighted by Crippen LogP contribution is -2.37. The molecule has 1 aliphatic carbocycles. The summed E-state index contributed by atoms with van der Waals surface area (Å²) in [5.74, 6) is 0.957. The van der Waals surface area contributed by atoms with Gasteiger partial charge in [0, 0.05) is 6.04 Å². The Kier molecular flexibility index (Phi) is 6.26. The summed E-state index contributed by atoms with van der Waals surface area (Å²) in [4.78, 5) is 2.55. The second-order valence-corrected chi connectivity index (χ2v) is 5.08. The van der Waals surface area contributed by atoms with E-state index in [0.29, 0.717) is 0 Å². The standard InChI is InChI=1S/C13H28N2/c1-12(13-8-5-4-6-9-13)15(3)11-7-10-14-2/h12-14H,4-11H2,1-3H3. The van der Waals surface area contributed by atoms with Crippen molar-refractivity contribution in [2.45, 2.75) is 51.5 Å². The van der Waals surface area contributed by atoms with Gasteiger partial charge in [-0.1, -0.05) is 19.3 Å². The normalized spacial score (nSPS) is 20.8. The van der Waals surface area contributed by atoms with Gasteiger partial charge in [-0.05, 0) is 59.3 Å². The summed E-state index contributed by atoms with van der Waals surface area (Å²) < 4.78 is 0. The van der Waals surface area contributed by atoms with E-state index in [1.807, 2.05) is 7.05 Å². The molecule has 0 spiro atoms. The quantitative estimate of drug-likeness (QED) is 0.681. The molecule has 0 amide bonds. The topological polar surface area (TPSA) is 15.3 Å². The van der Waals surface area contributed by atoms with Crippen LogP contribution in [0.4, 0.5) is 0 Å². The first-order valence-corrected chi connectivity index (χ1v) is 6.60. The molecule has 0 aromatic rings. The first-order valence-electron chi connectivity index (χ1n) is 6.60. The number of nitrogens with zero attached hydrogens (tertiary/aromatic N) is 1. The third kappa shape index (κ3) is 4.52. The first kappa shape index (κ1) is 13.0. The summed E-state index contributed by atoms with van der Waals surface area (Å²) in [6.45, 7) is 4.79. The molecule has 90 valence electrons. The van der Waals surface area contributed by atoms with Crippen LogP contribution in [0.5, 0.6) is 0 Å². The Labute approximate surface area is 95.4 Å². The van der Waals surface area contributed by atoms with Crippen LogP contribution >= 0.6 is 0 Å². The Hall–Kier alpha value is -0.0800. The highest BCUT2D eigenvalue weighted by Crippen LogP contribution is 2.28. The van der Waals surface area contributed by atoms with Gasteiger partial charge in [0.1, 0.15) is 0 Å². The van der Waals surface area contributed by atoms with Crippen LogP contribution in [0.1, 0.15) is 45.4 Å². The maximum absolute atomic E-state index is 3.21. The first-order chi connectivity index (χ1) is 7.25. The zero-order valence-corrected chi connectivity index (χ0v) is 10.8. The van der Waals surface area contributed by atoms with E-state index in [-0.39, 0.29) is 0 Å². The molecule has 2 nitrogen and oxygen atoms in total. The van der Waals surface area contributed by atoms with Crippen molar-refractivity contribution in [2.24, 2.45) is 5.92 Å². The van der Waals surface area contributed by atoms with E-state index in [0.717, 1.165) is 18.5 Å². The Morgan fingerprint density at radius 2 is 1.93 bits per heavy atom. The molecule has 1 rings (SSSR count). The van der Waals surface area contributed by atoms with E-state index in [1.54, 1.807) is 0 Å². The van der Waals surface area contributed by atoms with E-state index in [2.05, 4.69) is 24.2 Å². The van der Waals surface area contributed by atoms with Gasteiger partial charge in [-0.15, -0.1) is 0 Å². The lowest BCUT2D eigenvalue weighted by atomic mass is 9.84. The molecule has 0 saturated heterocycles. The average Bonchev–Trinajstić information content (AvgIpc) is 2.29. The molecule has 1 N–H and O–H groups in total. The second-order valence-electron chi connectivity index (χ2n) is 5.08. The minimum absolute atomic E-state index is 0.780. The fourth-order valence-corrected chi connectivity index (χ4v) is 2.69. The van der Waals surface area contributed by atoms with Crippen LogP contribution in [0.25, 0.3) is 0 Å². The molecule has 1 aliphatic rings. The van der Waals surface area contributed by atoms with E-state index < -0.39 is 0 Å². The van der Waals surface area contributed by atoms with Crippen LogP contribution in [0.2, 0.25) is 0 Å². The van der Waals surface area contributed by atoms with Crippen molar-refractivity contribution in [3.8, 4) is 0 Å². The zero-order valence-electron chi connectivity index (χ0n) is 10.8. The van der Waals surface area contributed by atoms with E-state index >= 15 is 0 Å². The molecule has 0 heterocycles. The molecule has 0 radical (unpaired) electrons. The molecule has 0 aliphatic heterocycles. The molecule has 15 heavy (non-hydrogen) atoms. The summed E-state index contributed by atoms with van der Waals surface area (Å²) in [6, 6.07) is 0.780. The number of rotatable bonds is 6. The summed E-state index contributed by atoms with van der Waals surface area (Å²) >= 11 is 0. The van der Waals surface area contributed by atoms with Gasteiger partial charge in [0.25, 0.3) is 0 Å². The summed E-state index contributed by atoms with van der Waals surface area (Å²) in [6.07, 6.45) is 8.56. The maximum atomic E-state index is 3.21. The highest BCUT2D eigenvalue weighted by Gasteiger charge is 2.22. The fraction of sp³-hybridized carbons (Fsp3) is 1.00. The van der Waals surface area contributed by atoms with Gasteiger partial charge in [0.15, 0.2) is 0 Å². The van der Waals surface area contributed by atoms with Gasteiger partial charge >= 0.3 is 0 Å².